The van der Waals surface area contributed by atoms with Gasteiger partial charge < -0.3 is 19.3 Å². The second kappa shape index (κ2) is 10.2. The minimum Gasteiger partial charge on any atom is -0.441 e. The van der Waals surface area contributed by atoms with Crippen molar-refractivity contribution in [2.75, 3.05) is 39.8 Å². The first-order valence-electron chi connectivity index (χ1n) is 12.1. The second-order valence-corrected chi connectivity index (χ2v) is 10.1. The van der Waals surface area contributed by atoms with Crippen molar-refractivity contribution < 1.29 is 45.1 Å². The minimum absolute atomic E-state index is 0.130. The highest BCUT2D eigenvalue weighted by atomic mass is 19.4. The molecule has 0 saturated carbocycles. The molecule has 0 unspecified atom stereocenters. The monoisotopic (exact) mass is 531 g/mol. The summed E-state index contributed by atoms with van der Waals surface area (Å²) in [6.45, 7) is 2.89. The number of nitrogens with one attached hydrogen (secondary N) is 1. The number of ether oxygens (including phenoxy) is 2. The molecular formula is C26H29F6N2O3+. The summed E-state index contributed by atoms with van der Waals surface area (Å²) in [7, 11) is 2.08. The molecule has 2 aromatic rings. The van der Waals surface area contributed by atoms with E-state index in [4.69, 9.17) is 9.47 Å². The molecular weight excluding hydrogens is 502 g/mol. The summed E-state index contributed by atoms with van der Waals surface area (Å²) in [4.78, 5) is 11.5. The number of hydrogen-bond donors (Lipinski definition) is 1. The lowest BCUT2D eigenvalue weighted by Gasteiger charge is -2.43. The van der Waals surface area contributed by atoms with Crippen LogP contribution in [0.4, 0.5) is 31.1 Å². The maximum Gasteiger partial charge on any atom is 0.416 e. The lowest BCUT2D eigenvalue weighted by atomic mass is 9.90. The molecule has 5 nitrogen and oxygen atoms in total. The number of rotatable bonds is 7. The van der Waals surface area contributed by atoms with Gasteiger partial charge in [0.1, 0.15) is 11.7 Å². The Morgan fingerprint density at radius 1 is 0.973 bits per heavy atom. The van der Waals surface area contributed by atoms with E-state index >= 15 is 0 Å². The highest BCUT2D eigenvalue weighted by Crippen LogP contribution is 2.36. The number of hydrogen-bond acceptors (Lipinski definition) is 3. The van der Waals surface area contributed by atoms with Gasteiger partial charge in [0.2, 0.25) is 0 Å². The molecule has 0 aliphatic carbocycles. The van der Waals surface area contributed by atoms with Crippen molar-refractivity contribution in [1.82, 2.24) is 5.32 Å². The molecule has 11 heteroatoms. The smallest absolute Gasteiger partial charge is 0.416 e. The van der Waals surface area contributed by atoms with Crippen LogP contribution in [-0.4, -0.2) is 56.0 Å². The Morgan fingerprint density at radius 3 is 1.97 bits per heavy atom. The number of quaternary nitrogens is 1. The number of carbonyl (C=O) groups is 1. The molecule has 1 N–H and O–H groups in total. The first-order valence-corrected chi connectivity index (χ1v) is 12.1. The molecule has 0 bridgehead atoms. The molecule has 37 heavy (non-hydrogen) atoms. The first-order chi connectivity index (χ1) is 17.3. The van der Waals surface area contributed by atoms with E-state index in [1.54, 1.807) is 0 Å². The predicted octanol–water partition coefficient (Wildman–Crippen LogP) is 5.94. The number of piperidine rings is 1. The van der Waals surface area contributed by atoms with E-state index in [9.17, 15) is 31.1 Å². The zero-order chi connectivity index (χ0) is 26.9. The van der Waals surface area contributed by atoms with Gasteiger partial charge in [0, 0.05) is 19.3 Å². The molecule has 0 radical (unpaired) electrons. The Balaban J connectivity index is 1.45. The fourth-order valence-corrected chi connectivity index (χ4v) is 4.98. The molecule has 2 aromatic carbocycles. The standard InChI is InChI=1S/C26H28F6N2O3/c1-34(12-9-24(10-13-34)17-33-23(35)37-24)11-4-14-36-22(18-5-2-7-20(15-18)25(27,28)29)19-6-3-8-21(16-19)26(30,31)32/h2-3,5-8,15-16,22H,4,9-14,17H2,1H3/p+1. The fraction of sp³-hybridized carbons (Fsp3) is 0.500. The summed E-state index contributed by atoms with van der Waals surface area (Å²) in [6.07, 6.45) is -8.72. The Labute approximate surface area is 210 Å². The predicted molar refractivity (Wildman–Crippen MR) is 123 cm³/mol. The molecule has 0 aromatic heterocycles. The van der Waals surface area contributed by atoms with Crippen molar-refractivity contribution in [1.29, 1.82) is 0 Å². The molecule has 2 heterocycles. The Bertz CT molecular complexity index is 1050. The van der Waals surface area contributed by atoms with Crippen LogP contribution in [0.1, 0.15) is 47.6 Å². The van der Waals surface area contributed by atoms with E-state index in [-0.39, 0.29) is 17.7 Å². The van der Waals surface area contributed by atoms with Crippen LogP contribution in [0.5, 0.6) is 0 Å². The molecule has 1 spiro atoms. The lowest BCUT2D eigenvalue weighted by Crippen LogP contribution is -2.56. The van der Waals surface area contributed by atoms with E-state index < -0.39 is 41.3 Å². The van der Waals surface area contributed by atoms with Crippen LogP contribution in [0.15, 0.2) is 48.5 Å². The fourth-order valence-electron chi connectivity index (χ4n) is 4.98. The van der Waals surface area contributed by atoms with E-state index in [2.05, 4.69) is 12.4 Å². The minimum atomic E-state index is -4.60. The van der Waals surface area contributed by atoms with E-state index in [1.165, 1.54) is 24.3 Å². The third-order valence-electron chi connectivity index (χ3n) is 7.24. The maximum atomic E-state index is 13.3. The number of benzene rings is 2. The molecule has 1 amide bonds. The van der Waals surface area contributed by atoms with Gasteiger partial charge in [-0.2, -0.15) is 26.3 Å². The summed E-state index contributed by atoms with van der Waals surface area (Å²) < 4.78 is 92.0. The number of alkyl halides is 6. The molecule has 2 saturated heterocycles. The average Bonchev–Trinajstić information content (AvgIpc) is 3.21. The molecule has 2 aliphatic rings. The number of amides is 1. The van der Waals surface area contributed by atoms with Gasteiger partial charge in [-0.1, -0.05) is 24.3 Å². The van der Waals surface area contributed by atoms with Crippen LogP contribution in [0, 0.1) is 0 Å². The molecule has 202 valence electrons. The molecule has 4 rings (SSSR count). The quantitative estimate of drug-likeness (QED) is 0.273. The van der Waals surface area contributed by atoms with Gasteiger partial charge >= 0.3 is 18.4 Å². The van der Waals surface area contributed by atoms with Crippen molar-refractivity contribution in [2.24, 2.45) is 0 Å². The summed E-state index contributed by atoms with van der Waals surface area (Å²) >= 11 is 0. The van der Waals surface area contributed by atoms with Gasteiger partial charge in [-0.05, 0) is 35.4 Å². The number of carbonyl (C=O) groups excluding carboxylic acids is 1. The van der Waals surface area contributed by atoms with Crippen LogP contribution in [-0.2, 0) is 21.8 Å². The van der Waals surface area contributed by atoms with Crippen molar-refractivity contribution in [3.63, 3.8) is 0 Å². The van der Waals surface area contributed by atoms with Crippen LogP contribution in [0.2, 0.25) is 0 Å². The topological polar surface area (TPSA) is 47.6 Å². The number of likely N-dealkylation sites (tertiary alicyclic amines) is 1. The van der Waals surface area contributed by atoms with Gasteiger partial charge in [-0.15, -0.1) is 0 Å². The number of nitrogens with zero attached hydrogens (tertiary/aromatic N) is 1. The second-order valence-electron chi connectivity index (χ2n) is 10.1. The Morgan fingerprint density at radius 2 is 1.51 bits per heavy atom. The maximum absolute atomic E-state index is 13.3. The van der Waals surface area contributed by atoms with Crippen molar-refractivity contribution in [3.05, 3.63) is 70.8 Å². The summed E-state index contributed by atoms with van der Waals surface area (Å²) in [6, 6.07) is 8.96. The third kappa shape index (κ3) is 6.56. The normalized spacial score (nSPS) is 24.4. The first kappa shape index (κ1) is 27.3. The van der Waals surface area contributed by atoms with Gasteiger partial charge in [0.05, 0.1) is 51.0 Å². The highest BCUT2D eigenvalue weighted by molar-refractivity contribution is 5.70. The molecule has 0 atom stereocenters. The van der Waals surface area contributed by atoms with Crippen LogP contribution in [0.25, 0.3) is 0 Å². The van der Waals surface area contributed by atoms with Crippen LogP contribution < -0.4 is 5.32 Å². The van der Waals surface area contributed by atoms with Crippen molar-refractivity contribution in [2.45, 2.75) is 43.3 Å². The average molecular weight is 532 g/mol. The number of halogens is 6. The van der Waals surface area contributed by atoms with Crippen molar-refractivity contribution in [3.8, 4) is 0 Å². The zero-order valence-electron chi connectivity index (χ0n) is 20.3. The van der Waals surface area contributed by atoms with E-state index in [0.717, 1.165) is 37.4 Å². The van der Waals surface area contributed by atoms with Crippen LogP contribution in [0.3, 0.4) is 0 Å². The number of alkyl carbamates (subject to hydrolysis) is 1. The third-order valence-corrected chi connectivity index (χ3v) is 7.24. The van der Waals surface area contributed by atoms with Gasteiger partial charge in [0.15, 0.2) is 0 Å². The van der Waals surface area contributed by atoms with Crippen LogP contribution >= 0.6 is 0 Å². The van der Waals surface area contributed by atoms with Crippen molar-refractivity contribution >= 4 is 6.09 Å². The van der Waals surface area contributed by atoms with Gasteiger partial charge in [-0.3, -0.25) is 0 Å². The molecule has 2 aliphatic heterocycles. The zero-order valence-corrected chi connectivity index (χ0v) is 20.3. The highest BCUT2D eigenvalue weighted by Gasteiger charge is 2.47. The SMILES string of the molecule is C[N+]1(CCCOC(c2cccc(C(F)(F)F)c2)c2cccc(C(F)(F)F)c2)CCC2(CC1)CNC(=O)O2. The Kier molecular flexibility index (Phi) is 7.49. The van der Waals surface area contributed by atoms with Gasteiger partial charge in [-0.25, -0.2) is 4.79 Å². The van der Waals surface area contributed by atoms with Gasteiger partial charge in [0.25, 0.3) is 0 Å². The summed E-state index contributed by atoms with van der Waals surface area (Å²) in [5.41, 5.74) is -2.00. The lowest BCUT2D eigenvalue weighted by molar-refractivity contribution is -0.916. The molecule has 2 fully saturated rings. The Hall–Kier alpha value is -2.79. The summed E-state index contributed by atoms with van der Waals surface area (Å²) in [5, 5.41) is 2.70. The van der Waals surface area contributed by atoms with E-state index in [0.29, 0.717) is 36.8 Å². The largest absolute Gasteiger partial charge is 0.441 e. The van der Waals surface area contributed by atoms with E-state index in [1.807, 2.05) is 0 Å². The summed E-state index contributed by atoms with van der Waals surface area (Å²) in [5.74, 6) is 0.